The Balaban J connectivity index is 2.33. The molecule has 76 valence electrons. The van der Waals surface area contributed by atoms with E-state index in [4.69, 9.17) is 4.34 Å². The van der Waals surface area contributed by atoms with Crippen LogP contribution in [0.2, 0.25) is 32.3 Å². The van der Waals surface area contributed by atoms with Crippen LogP contribution in [0.3, 0.4) is 0 Å². The van der Waals surface area contributed by atoms with E-state index in [-0.39, 0.29) is 0 Å². The molecule has 1 nitrogen and oxygen atoms in total. The van der Waals surface area contributed by atoms with Crippen LogP contribution in [0.15, 0.2) is 0 Å². The Labute approximate surface area is 84.5 Å². The monoisotopic (exact) mass is 198 g/mol. The molecule has 13 heavy (non-hydrogen) atoms. The Morgan fingerprint density at radius 2 is 1.92 bits per heavy atom. The van der Waals surface area contributed by atoms with Crippen LogP contribution in [0.1, 0.15) is 20.3 Å². The Morgan fingerprint density at radius 1 is 1.31 bits per heavy atom. The third-order valence-electron chi connectivity index (χ3n) is 2.89. The molecule has 0 spiro atoms. The van der Waals surface area contributed by atoms with Crippen LogP contribution in [0.5, 0.6) is 0 Å². The minimum absolute atomic E-state index is 0.582. The number of hydrogen-bond acceptors (Lipinski definition) is 1. The summed E-state index contributed by atoms with van der Waals surface area (Å²) < 4.78 is 6.12. The van der Waals surface area contributed by atoms with Gasteiger partial charge in [0.2, 0.25) is 0 Å². The first-order valence-electron chi connectivity index (χ1n) is 5.56. The highest BCUT2D eigenvalue weighted by molar-refractivity contribution is 6.77. The van der Waals surface area contributed by atoms with E-state index in [0.717, 1.165) is 11.8 Å². The molecular weight excluding hydrogens is 175 g/mol. The zero-order valence-corrected chi connectivity index (χ0v) is 10.8. The maximum Gasteiger partial charge on any atom is 0.280 e. The van der Waals surface area contributed by atoms with E-state index in [9.17, 15) is 0 Å². The predicted octanol–water partition coefficient (Wildman–Crippen LogP) is 3.51. The summed E-state index contributed by atoms with van der Waals surface area (Å²) in [4.78, 5) is 0. The van der Waals surface area contributed by atoms with Gasteiger partial charge in [0.05, 0.1) is 0 Å². The second-order valence-electron chi connectivity index (χ2n) is 5.67. The molecular formula is C10H23BOSi. The lowest BCUT2D eigenvalue weighted by molar-refractivity contribution is 0.421. The van der Waals surface area contributed by atoms with E-state index >= 15 is 0 Å². The van der Waals surface area contributed by atoms with E-state index in [1.54, 1.807) is 0 Å². The minimum Gasteiger partial charge on any atom is -0.477 e. The average Bonchev–Trinajstić information content (AvgIpc) is 2.31. The molecule has 1 aliphatic rings. The summed E-state index contributed by atoms with van der Waals surface area (Å²) in [5.41, 5.74) is 0. The normalized spacial score (nSPS) is 24.5. The van der Waals surface area contributed by atoms with Crippen molar-refractivity contribution < 1.29 is 4.34 Å². The summed E-state index contributed by atoms with van der Waals surface area (Å²) in [6, 6.07) is 0. The smallest absolute Gasteiger partial charge is 0.280 e. The lowest BCUT2D eigenvalue weighted by Gasteiger charge is -2.22. The van der Waals surface area contributed by atoms with Crippen molar-refractivity contribution in [3.05, 3.63) is 0 Å². The molecule has 3 heteroatoms. The average molecular weight is 198 g/mol. The largest absolute Gasteiger partial charge is 0.477 e. The summed E-state index contributed by atoms with van der Waals surface area (Å²) in [6.45, 7) is 12.1. The maximum absolute atomic E-state index is 6.12. The molecule has 1 heterocycles. The van der Waals surface area contributed by atoms with Crippen LogP contribution in [0, 0.1) is 11.8 Å². The van der Waals surface area contributed by atoms with Gasteiger partial charge in [-0.15, -0.1) is 0 Å². The first-order chi connectivity index (χ1) is 5.88. The van der Waals surface area contributed by atoms with E-state index in [1.807, 2.05) is 0 Å². The van der Waals surface area contributed by atoms with Gasteiger partial charge in [-0.05, 0) is 44.1 Å². The van der Waals surface area contributed by atoms with Gasteiger partial charge < -0.3 is 4.34 Å². The number of rotatable bonds is 3. The highest BCUT2D eigenvalue weighted by atomic mass is 28.4. The maximum atomic E-state index is 6.12. The highest BCUT2D eigenvalue weighted by Crippen LogP contribution is 2.33. The lowest BCUT2D eigenvalue weighted by Crippen LogP contribution is -2.33. The number of hydrogen-bond donors (Lipinski definition) is 0. The third-order valence-corrected chi connectivity index (χ3v) is 3.93. The molecule has 0 aliphatic carbocycles. The molecule has 1 rings (SSSR count). The van der Waals surface area contributed by atoms with Crippen molar-refractivity contribution >= 4 is 15.2 Å². The van der Waals surface area contributed by atoms with Crippen molar-refractivity contribution in [2.45, 2.75) is 52.5 Å². The fourth-order valence-corrected chi connectivity index (χ4v) is 3.40. The van der Waals surface area contributed by atoms with Crippen LogP contribution in [-0.2, 0) is 4.34 Å². The molecule has 1 aliphatic heterocycles. The van der Waals surface area contributed by atoms with Gasteiger partial charge in [0.25, 0.3) is 6.92 Å². The summed E-state index contributed by atoms with van der Waals surface area (Å²) >= 11 is 0. The van der Waals surface area contributed by atoms with Gasteiger partial charge >= 0.3 is 0 Å². The minimum atomic E-state index is -1.29. The molecule has 1 fully saturated rings. The van der Waals surface area contributed by atoms with Crippen LogP contribution in [0.25, 0.3) is 0 Å². The second kappa shape index (κ2) is 4.18. The quantitative estimate of drug-likeness (QED) is 0.630. The molecule has 1 saturated heterocycles. The molecule has 1 unspecified atom stereocenters. The first kappa shape index (κ1) is 11.3. The molecule has 0 amide bonds. The van der Waals surface area contributed by atoms with Crippen molar-refractivity contribution in [2.24, 2.45) is 11.8 Å². The Morgan fingerprint density at radius 3 is 2.31 bits per heavy atom. The summed E-state index contributed by atoms with van der Waals surface area (Å²) in [7, 11) is -1.29. The van der Waals surface area contributed by atoms with Crippen LogP contribution < -0.4 is 0 Å². The fourth-order valence-electron chi connectivity index (χ4n) is 2.19. The van der Waals surface area contributed by atoms with Crippen molar-refractivity contribution in [3.63, 3.8) is 0 Å². The molecule has 0 N–H and O–H groups in total. The Kier molecular flexibility index (Phi) is 3.64. The van der Waals surface area contributed by atoms with Gasteiger partial charge in [-0.1, -0.05) is 20.3 Å². The molecule has 0 aromatic heterocycles. The molecule has 0 radical (unpaired) electrons. The Hall–Kier alpha value is 0.242. The van der Waals surface area contributed by atoms with Crippen LogP contribution in [0.4, 0.5) is 0 Å². The van der Waals surface area contributed by atoms with E-state index in [0.29, 0.717) is 6.92 Å². The first-order valence-corrected chi connectivity index (χ1v) is 8.97. The topological polar surface area (TPSA) is 9.23 Å². The standard InChI is InChI=1S/C10H23BOSi/c1-9(2)10-6-7-11(8-10)12-13(3,4)5/h9-10H,6-8H2,1-5H3. The van der Waals surface area contributed by atoms with Crippen LogP contribution in [-0.4, -0.2) is 15.2 Å². The van der Waals surface area contributed by atoms with Gasteiger partial charge in [0.1, 0.15) is 0 Å². The SMILES string of the molecule is CC(C)C1CCB(O[Si](C)(C)C)C1. The fraction of sp³-hybridized carbons (Fsp3) is 1.00. The zero-order valence-electron chi connectivity index (χ0n) is 9.76. The third kappa shape index (κ3) is 3.86. The van der Waals surface area contributed by atoms with Crippen molar-refractivity contribution in [1.82, 2.24) is 0 Å². The molecule has 0 bridgehead atoms. The van der Waals surface area contributed by atoms with Crippen LogP contribution >= 0.6 is 0 Å². The Bertz CT molecular complexity index is 165. The van der Waals surface area contributed by atoms with Gasteiger partial charge in [0, 0.05) is 0 Å². The van der Waals surface area contributed by atoms with E-state index in [2.05, 4.69) is 33.5 Å². The van der Waals surface area contributed by atoms with Gasteiger partial charge in [-0.25, -0.2) is 0 Å². The van der Waals surface area contributed by atoms with Gasteiger partial charge in [-0.3, -0.25) is 0 Å². The van der Waals surface area contributed by atoms with Gasteiger partial charge in [0.15, 0.2) is 8.32 Å². The van der Waals surface area contributed by atoms with E-state index < -0.39 is 8.32 Å². The van der Waals surface area contributed by atoms with Crippen molar-refractivity contribution in [1.29, 1.82) is 0 Å². The molecule has 0 saturated carbocycles. The van der Waals surface area contributed by atoms with Crippen molar-refractivity contribution in [3.8, 4) is 0 Å². The summed E-state index contributed by atoms with van der Waals surface area (Å²) in [5.74, 6) is 1.76. The molecule has 0 aromatic carbocycles. The summed E-state index contributed by atoms with van der Waals surface area (Å²) in [6.07, 6.45) is 3.99. The van der Waals surface area contributed by atoms with Crippen molar-refractivity contribution in [2.75, 3.05) is 0 Å². The lowest BCUT2D eigenvalue weighted by atomic mass is 9.66. The highest BCUT2D eigenvalue weighted by Gasteiger charge is 2.33. The van der Waals surface area contributed by atoms with Gasteiger partial charge in [-0.2, -0.15) is 0 Å². The zero-order chi connectivity index (χ0) is 10.1. The second-order valence-corrected chi connectivity index (χ2v) is 10.1. The molecule has 1 atom stereocenters. The summed E-state index contributed by atoms with van der Waals surface area (Å²) in [5, 5.41) is 0. The molecule has 0 aromatic rings. The van der Waals surface area contributed by atoms with E-state index in [1.165, 1.54) is 19.1 Å². The predicted molar refractivity (Wildman–Crippen MR) is 62.7 cm³/mol.